The van der Waals surface area contributed by atoms with Crippen LogP contribution in [0.15, 0.2) is 30.5 Å². The molecule has 4 rings (SSSR count). The molecule has 3 heterocycles. The molecule has 28 heavy (non-hydrogen) atoms. The van der Waals surface area contributed by atoms with Crippen molar-refractivity contribution in [1.82, 2.24) is 25.5 Å². The fourth-order valence-corrected chi connectivity index (χ4v) is 3.25. The summed E-state index contributed by atoms with van der Waals surface area (Å²) in [5, 5.41) is 13.5. The quantitative estimate of drug-likeness (QED) is 0.640. The standard InChI is InChI=1S/C19H23N7O2/c1-3-20-19(27)22-14-6-4-13(5-7-14)16-23-17-15(10-21-25-17)18(24-16)26-8-9-28-11-12(26)2/h4-7,10,12H,3,8-9,11H2,1-2H3,(H2,20,22,27)(H,21,23,24,25)/t12-/m0/s1. The van der Waals surface area contributed by atoms with Crippen molar-refractivity contribution in [1.29, 1.82) is 0 Å². The molecule has 0 unspecified atom stereocenters. The molecule has 0 spiro atoms. The normalized spacial score (nSPS) is 16.9. The number of benzene rings is 1. The maximum atomic E-state index is 11.7. The molecule has 1 aliphatic heterocycles. The third-order valence-electron chi connectivity index (χ3n) is 4.67. The third-order valence-corrected chi connectivity index (χ3v) is 4.67. The van der Waals surface area contributed by atoms with E-state index < -0.39 is 0 Å². The Labute approximate surface area is 162 Å². The van der Waals surface area contributed by atoms with Crippen molar-refractivity contribution in [2.75, 3.05) is 36.5 Å². The Bertz CT molecular complexity index is 970. The molecule has 146 valence electrons. The summed E-state index contributed by atoms with van der Waals surface area (Å²) in [6.45, 7) is 6.67. The average Bonchev–Trinajstić information content (AvgIpc) is 3.17. The number of urea groups is 1. The van der Waals surface area contributed by atoms with Crippen LogP contribution in [0.2, 0.25) is 0 Å². The topological polar surface area (TPSA) is 108 Å². The van der Waals surface area contributed by atoms with E-state index in [0.717, 1.165) is 23.3 Å². The van der Waals surface area contributed by atoms with Crippen LogP contribution in [0.25, 0.3) is 22.4 Å². The minimum absolute atomic E-state index is 0.221. The van der Waals surface area contributed by atoms with Gasteiger partial charge in [0.2, 0.25) is 0 Å². The number of anilines is 2. The molecule has 3 aromatic rings. The summed E-state index contributed by atoms with van der Waals surface area (Å²) in [6, 6.07) is 7.45. The fourth-order valence-electron chi connectivity index (χ4n) is 3.25. The fraction of sp³-hybridized carbons (Fsp3) is 0.368. The molecule has 1 aliphatic rings. The lowest BCUT2D eigenvalue weighted by atomic mass is 10.2. The van der Waals surface area contributed by atoms with Crippen LogP contribution in [0.5, 0.6) is 0 Å². The van der Waals surface area contributed by atoms with E-state index >= 15 is 0 Å². The maximum Gasteiger partial charge on any atom is 0.319 e. The van der Waals surface area contributed by atoms with E-state index in [4.69, 9.17) is 9.72 Å². The van der Waals surface area contributed by atoms with Gasteiger partial charge in [-0.1, -0.05) is 0 Å². The van der Waals surface area contributed by atoms with Gasteiger partial charge in [0, 0.05) is 24.3 Å². The highest BCUT2D eigenvalue weighted by Gasteiger charge is 2.24. The number of ether oxygens (including phenoxy) is 1. The van der Waals surface area contributed by atoms with Crippen molar-refractivity contribution >= 4 is 28.6 Å². The van der Waals surface area contributed by atoms with Gasteiger partial charge in [-0.3, -0.25) is 5.10 Å². The number of nitrogens with one attached hydrogen (secondary N) is 3. The first-order valence-corrected chi connectivity index (χ1v) is 9.36. The van der Waals surface area contributed by atoms with E-state index in [1.165, 1.54) is 0 Å². The van der Waals surface area contributed by atoms with Crippen molar-refractivity contribution in [2.45, 2.75) is 19.9 Å². The molecule has 2 aromatic heterocycles. The SMILES string of the molecule is CCNC(=O)Nc1ccc(-c2nc(N3CCOC[C@@H]3C)c3cn[nH]c3n2)cc1. The molecule has 2 amide bonds. The van der Waals surface area contributed by atoms with Crippen LogP contribution >= 0.6 is 0 Å². The highest BCUT2D eigenvalue weighted by atomic mass is 16.5. The van der Waals surface area contributed by atoms with Crippen LogP contribution in [0.3, 0.4) is 0 Å². The van der Waals surface area contributed by atoms with Gasteiger partial charge in [0.05, 0.1) is 30.8 Å². The molecular formula is C19H23N7O2. The van der Waals surface area contributed by atoms with Gasteiger partial charge in [-0.15, -0.1) is 0 Å². The number of morpholine rings is 1. The first-order valence-electron chi connectivity index (χ1n) is 9.36. The van der Waals surface area contributed by atoms with E-state index in [0.29, 0.717) is 36.9 Å². The van der Waals surface area contributed by atoms with Crippen LogP contribution in [0.4, 0.5) is 16.3 Å². The molecule has 3 N–H and O–H groups in total. The van der Waals surface area contributed by atoms with E-state index in [1.807, 2.05) is 31.2 Å². The number of aromatic amines is 1. The van der Waals surface area contributed by atoms with Crippen molar-refractivity contribution in [2.24, 2.45) is 0 Å². The summed E-state index contributed by atoms with van der Waals surface area (Å²) in [5.74, 6) is 1.46. The summed E-state index contributed by atoms with van der Waals surface area (Å²) >= 11 is 0. The number of hydrogen-bond donors (Lipinski definition) is 3. The lowest BCUT2D eigenvalue weighted by Gasteiger charge is -2.34. The third kappa shape index (κ3) is 3.61. The zero-order valence-electron chi connectivity index (χ0n) is 15.9. The Balaban J connectivity index is 1.66. The van der Waals surface area contributed by atoms with Crippen molar-refractivity contribution < 1.29 is 9.53 Å². The molecular weight excluding hydrogens is 358 g/mol. The molecule has 1 fully saturated rings. The molecule has 9 heteroatoms. The lowest BCUT2D eigenvalue weighted by molar-refractivity contribution is 0.0987. The Kier molecular flexibility index (Phi) is 5.07. The first-order chi connectivity index (χ1) is 13.7. The van der Waals surface area contributed by atoms with Gasteiger partial charge in [-0.05, 0) is 38.1 Å². The summed E-state index contributed by atoms with van der Waals surface area (Å²) in [6.07, 6.45) is 1.76. The van der Waals surface area contributed by atoms with Crippen molar-refractivity contribution in [3.63, 3.8) is 0 Å². The minimum Gasteiger partial charge on any atom is -0.377 e. The summed E-state index contributed by atoms with van der Waals surface area (Å²) in [4.78, 5) is 23.4. The predicted octanol–water partition coefficient (Wildman–Crippen LogP) is 2.39. The Hall–Kier alpha value is -3.20. The van der Waals surface area contributed by atoms with E-state index in [1.54, 1.807) is 6.20 Å². The smallest absolute Gasteiger partial charge is 0.319 e. The molecule has 0 radical (unpaired) electrons. The first kappa shape index (κ1) is 18.2. The number of amides is 2. The Morgan fingerprint density at radius 1 is 1.32 bits per heavy atom. The van der Waals surface area contributed by atoms with Crippen molar-refractivity contribution in [3.8, 4) is 11.4 Å². The van der Waals surface area contributed by atoms with E-state index in [-0.39, 0.29) is 12.1 Å². The summed E-state index contributed by atoms with van der Waals surface area (Å²) in [7, 11) is 0. The largest absolute Gasteiger partial charge is 0.377 e. The van der Waals surface area contributed by atoms with E-state index in [9.17, 15) is 4.79 Å². The number of H-pyrrole nitrogens is 1. The number of aromatic nitrogens is 4. The Morgan fingerprint density at radius 2 is 2.14 bits per heavy atom. The maximum absolute atomic E-state index is 11.7. The number of nitrogens with zero attached hydrogens (tertiary/aromatic N) is 4. The van der Waals surface area contributed by atoms with Crippen LogP contribution in [-0.4, -0.2) is 58.5 Å². The van der Waals surface area contributed by atoms with Gasteiger partial charge < -0.3 is 20.3 Å². The Morgan fingerprint density at radius 3 is 2.89 bits per heavy atom. The molecule has 1 atom stereocenters. The predicted molar refractivity (Wildman–Crippen MR) is 107 cm³/mol. The lowest BCUT2D eigenvalue weighted by Crippen LogP contribution is -2.44. The van der Waals surface area contributed by atoms with Crippen molar-refractivity contribution in [3.05, 3.63) is 30.5 Å². The number of carbonyl (C=O) groups is 1. The van der Waals surface area contributed by atoms with Crippen LogP contribution in [0.1, 0.15) is 13.8 Å². The number of fused-ring (bicyclic) bond motifs is 1. The second-order valence-corrected chi connectivity index (χ2v) is 6.68. The number of hydrogen-bond acceptors (Lipinski definition) is 6. The van der Waals surface area contributed by atoms with Gasteiger partial charge in [0.1, 0.15) is 5.82 Å². The zero-order valence-corrected chi connectivity index (χ0v) is 15.9. The second-order valence-electron chi connectivity index (χ2n) is 6.68. The summed E-state index contributed by atoms with van der Waals surface area (Å²) in [5.41, 5.74) is 2.27. The highest BCUT2D eigenvalue weighted by molar-refractivity contribution is 5.90. The van der Waals surface area contributed by atoms with E-state index in [2.05, 4.69) is 37.6 Å². The van der Waals surface area contributed by atoms with Crippen LogP contribution in [-0.2, 0) is 4.74 Å². The monoisotopic (exact) mass is 381 g/mol. The van der Waals surface area contributed by atoms with Crippen LogP contribution < -0.4 is 15.5 Å². The van der Waals surface area contributed by atoms with Gasteiger partial charge in [-0.25, -0.2) is 14.8 Å². The van der Waals surface area contributed by atoms with Crippen LogP contribution in [0, 0.1) is 0 Å². The van der Waals surface area contributed by atoms with Gasteiger partial charge >= 0.3 is 6.03 Å². The average molecular weight is 381 g/mol. The highest BCUT2D eigenvalue weighted by Crippen LogP contribution is 2.29. The minimum atomic E-state index is -0.228. The second kappa shape index (κ2) is 7.81. The molecule has 9 nitrogen and oxygen atoms in total. The molecule has 1 saturated heterocycles. The summed E-state index contributed by atoms with van der Waals surface area (Å²) < 4.78 is 5.56. The molecule has 0 bridgehead atoms. The number of carbonyl (C=O) groups excluding carboxylic acids is 1. The molecule has 0 aliphatic carbocycles. The molecule has 0 saturated carbocycles. The zero-order chi connectivity index (χ0) is 19.5. The molecule has 1 aromatic carbocycles. The van der Waals surface area contributed by atoms with Gasteiger partial charge in [0.25, 0.3) is 0 Å². The number of rotatable bonds is 4. The van der Waals surface area contributed by atoms with Gasteiger partial charge in [-0.2, -0.15) is 5.10 Å². The van der Waals surface area contributed by atoms with Gasteiger partial charge in [0.15, 0.2) is 11.5 Å².